The number of nitrogens with two attached hydrogens (primary N) is 1. The largest absolute Gasteiger partial charge is 0.307 e. The Morgan fingerprint density at radius 3 is 2.44 bits per heavy atom. The van der Waals surface area contributed by atoms with Gasteiger partial charge < -0.3 is 5.43 Å². The number of thioether (sulfide) groups is 1. The van der Waals surface area contributed by atoms with Crippen molar-refractivity contribution in [3.05, 3.63) is 35.5 Å². The van der Waals surface area contributed by atoms with Crippen LogP contribution in [0, 0.1) is 13.8 Å². The molecule has 0 saturated heterocycles. The van der Waals surface area contributed by atoms with E-state index in [1.165, 1.54) is 11.8 Å². The normalized spacial score (nSPS) is 10.4. The van der Waals surface area contributed by atoms with Gasteiger partial charge in [-0.2, -0.15) is 0 Å². The number of hydrogen-bond acceptors (Lipinski definition) is 7. The lowest BCUT2D eigenvalue weighted by Gasteiger charge is -2.03. The van der Waals surface area contributed by atoms with Crippen LogP contribution in [0.15, 0.2) is 23.6 Å². The molecule has 94 valence electrons. The van der Waals surface area contributed by atoms with Crippen LogP contribution in [0.3, 0.4) is 0 Å². The van der Waals surface area contributed by atoms with E-state index in [2.05, 4.69) is 25.4 Å². The Morgan fingerprint density at radius 2 is 1.89 bits per heavy atom. The molecule has 0 unspecified atom stereocenters. The highest BCUT2D eigenvalue weighted by Gasteiger charge is 2.03. The maximum atomic E-state index is 5.22. The second-order valence-corrected chi connectivity index (χ2v) is 4.70. The first kappa shape index (κ1) is 12.7. The molecule has 0 atom stereocenters. The minimum atomic E-state index is 0.548. The molecule has 0 spiro atoms. The number of aromatic nitrogens is 4. The van der Waals surface area contributed by atoms with Gasteiger partial charge in [-0.3, -0.25) is 4.98 Å². The Labute approximate surface area is 109 Å². The Balaban J connectivity index is 2.01. The molecule has 2 aromatic rings. The van der Waals surface area contributed by atoms with E-state index in [9.17, 15) is 0 Å². The average molecular weight is 262 g/mol. The summed E-state index contributed by atoms with van der Waals surface area (Å²) in [6.45, 7) is 3.92. The van der Waals surface area contributed by atoms with Crippen LogP contribution >= 0.6 is 11.8 Å². The molecular formula is C11H14N6S. The predicted octanol–water partition coefficient (Wildman–Crippen LogP) is 1.46. The minimum Gasteiger partial charge on any atom is -0.307 e. The van der Waals surface area contributed by atoms with Gasteiger partial charge in [0.15, 0.2) is 11.0 Å². The van der Waals surface area contributed by atoms with E-state index >= 15 is 0 Å². The first-order valence-electron chi connectivity index (χ1n) is 5.40. The number of aryl methyl sites for hydroxylation is 2. The zero-order chi connectivity index (χ0) is 13.0. The summed E-state index contributed by atoms with van der Waals surface area (Å²) in [6.07, 6.45) is 3.28. The minimum absolute atomic E-state index is 0.548. The van der Waals surface area contributed by atoms with E-state index in [0.717, 1.165) is 22.2 Å². The van der Waals surface area contributed by atoms with Crippen molar-refractivity contribution in [3.8, 4) is 0 Å². The number of anilines is 1. The molecule has 3 N–H and O–H groups in total. The van der Waals surface area contributed by atoms with Gasteiger partial charge in [-0.15, -0.1) is 0 Å². The maximum absolute atomic E-state index is 5.22. The smallest absolute Gasteiger partial charge is 0.188 e. The monoisotopic (exact) mass is 262 g/mol. The Hall–Kier alpha value is -1.73. The van der Waals surface area contributed by atoms with Crippen molar-refractivity contribution in [1.82, 2.24) is 19.9 Å². The summed E-state index contributed by atoms with van der Waals surface area (Å²) in [5, 5.41) is 0.760. The van der Waals surface area contributed by atoms with Crippen molar-refractivity contribution in [3.63, 3.8) is 0 Å². The number of hydrazine groups is 1. The van der Waals surface area contributed by atoms with Crippen molar-refractivity contribution in [1.29, 1.82) is 0 Å². The highest BCUT2D eigenvalue weighted by atomic mass is 32.2. The Morgan fingerprint density at radius 1 is 1.17 bits per heavy atom. The number of nitrogens with zero attached hydrogens (tertiary/aromatic N) is 4. The number of hydrogen-bond donors (Lipinski definition) is 2. The van der Waals surface area contributed by atoms with Crippen molar-refractivity contribution < 1.29 is 0 Å². The molecule has 0 aliphatic heterocycles. The third-order valence-corrected chi connectivity index (χ3v) is 3.04. The lowest BCUT2D eigenvalue weighted by Crippen LogP contribution is -2.09. The highest BCUT2D eigenvalue weighted by Crippen LogP contribution is 2.18. The topological polar surface area (TPSA) is 89.6 Å². The van der Waals surface area contributed by atoms with Gasteiger partial charge in [0, 0.05) is 17.1 Å². The zero-order valence-electron chi connectivity index (χ0n) is 10.2. The van der Waals surface area contributed by atoms with Gasteiger partial charge in [-0.1, -0.05) is 11.8 Å². The molecular weight excluding hydrogens is 248 g/mol. The van der Waals surface area contributed by atoms with Crippen molar-refractivity contribution in [2.24, 2.45) is 5.84 Å². The lowest BCUT2D eigenvalue weighted by molar-refractivity contribution is 0.900. The van der Waals surface area contributed by atoms with Gasteiger partial charge in [0.1, 0.15) is 0 Å². The van der Waals surface area contributed by atoms with Crippen LogP contribution in [0.5, 0.6) is 0 Å². The fraction of sp³-hybridized carbons (Fsp3) is 0.273. The first-order chi connectivity index (χ1) is 8.67. The van der Waals surface area contributed by atoms with Gasteiger partial charge in [-0.05, 0) is 19.9 Å². The number of nitrogens with one attached hydrogen (secondary N) is 1. The molecule has 2 aromatic heterocycles. The SMILES string of the molecule is Cc1cc(C)nc(SCc2cnc(NN)cn2)n1. The third kappa shape index (κ3) is 3.38. The van der Waals surface area contributed by atoms with Gasteiger partial charge in [-0.25, -0.2) is 20.8 Å². The Kier molecular flexibility index (Phi) is 4.06. The van der Waals surface area contributed by atoms with Crippen LogP contribution in [0.25, 0.3) is 0 Å². The van der Waals surface area contributed by atoms with E-state index in [1.807, 2.05) is 19.9 Å². The molecule has 18 heavy (non-hydrogen) atoms. The standard InChI is InChI=1S/C11H14N6S/c1-7-3-8(2)16-11(15-7)18-6-9-4-14-10(17-12)5-13-9/h3-5H,6,12H2,1-2H3,(H,14,17). The van der Waals surface area contributed by atoms with E-state index in [0.29, 0.717) is 11.6 Å². The molecule has 2 rings (SSSR count). The fourth-order valence-electron chi connectivity index (χ4n) is 1.40. The molecule has 2 heterocycles. The second kappa shape index (κ2) is 5.74. The van der Waals surface area contributed by atoms with E-state index < -0.39 is 0 Å². The van der Waals surface area contributed by atoms with Gasteiger partial charge in [0.25, 0.3) is 0 Å². The zero-order valence-corrected chi connectivity index (χ0v) is 11.0. The molecule has 0 fully saturated rings. The molecule has 0 aliphatic rings. The Bertz CT molecular complexity index is 507. The third-order valence-electron chi connectivity index (χ3n) is 2.16. The average Bonchev–Trinajstić information content (AvgIpc) is 2.36. The quantitative estimate of drug-likeness (QED) is 0.373. The highest BCUT2D eigenvalue weighted by molar-refractivity contribution is 7.98. The van der Waals surface area contributed by atoms with E-state index in [1.54, 1.807) is 12.4 Å². The molecule has 6 nitrogen and oxygen atoms in total. The van der Waals surface area contributed by atoms with Crippen molar-refractivity contribution in [2.75, 3.05) is 5.43 Å². The van der Waals surface area contributed by atoms with E-state index in [4.69, 9.17) is 5.84 Å². The molecule has 0 amide bonds. The molecule has 0 aliphatic carbocycles. The summed E-state index contributed by atoms with van der Waals surface area (Å²) in [7, 11) is 0. The second-order valence-electron chi connectivity index (χ2n) is 3.76. The van der Waals surface area contributed by atoms with E-state index in [-0.39, 0.29) is 0 Å². The van der Waals surface area contributed by atoms with Crippen molar-refractivity contribution >= 4 is 17.6 Å². The molecule has 0 aromatic carbocycles. The summed E-state index contributed by atoms with van der Waals surface area (Å²) in [6, 6.07) is 1.95. The number of nitrogen functional groups attached to an aromatic ring is 1. The summed E-state index contributed by atoms with van der Waals surface area (Å²) < 4.78 is 0. The summed E-state index contributed by atoms with van der Waals surface area (Å²) >= 11 is 1.54. The molecule has 0 bridgehead atoms. The van der Waals surface area contributed by atoms with Crippen LogP contribution in [0.4, 0.5) is 5.82 Å². The first-order valence-corrected chi connectivity index (χ1v) is 6.38. The molecule has 7 heteroatoms. The summed E-state index contributed by atoms with van der Waals surface area (Å²) in [5.74, 6) is 6.45. The predicted molar refractivity (Wildman–Crippen MR) is 70.9 cm³/mol. The summed E-state index contributed by atoms with van der Waals surface area (Å²) in [4.78, 5) is 17.0. The van der Waals surface area contributed by atoms with Crippen LogP contribution in [-0.2, 0) is 5.75 Å². The lowest BCUT2D eigenvalue weighted by atomic mass is 10.4. The van der Waals surface area contributed by atoms with Gasteiger partial charge in [0.2, 0.25) is 0 Å². The maximum Gasteiger partial charge on any atom is 0.188 e. The van der Waals surface area contributed by atoms with Crippen LogP contribution in [-0.4, -0.2) is 19.9 Å². The van der Waals surface area contributed by atoms with Crippen molar-refractivity contribution in [2.45, 2.75) is 24.8 Å². The van der Waals surface area contributed by atoms with Crippen LogP contribution in [0.1, 0.15) is 17.1 Å². The number of rotatable bonds is 4. The fourth-order valence-corrected chi connectivity index (χ4v) is 2.24. The molecule has 0 saturated carbocycles. The molecule has 0 radical (unpaired) electrons. The van der Waals surface area contributed by atoms with Gasteiger partial charge >= 0.3 is 0 Å². The summed E-state index contributed by atoms with van der Waals surface area (Å²) in [5.41, 5.74) is 5.24. The van der Waals surface area contributed by atoms with Crippen LogP contribution in [0.2, 0.25) is 0 Å². The van der Waals surface area contributed by atoms with Gasteiger partial charge in [0.05, 0.1) is 18.1 Å². The van der Waals surface area contributed by atoms with Crippen LogP contribution < -0.4 is 11.3 Å².